The number of ether oxygens (including phenoxy) is 1. The van der Waals surface area contributed by atoms with Crippen molar-refractivity contribution in [1.82, 2.24) is 4.90 Å². The van der Waals surface area contributed by atoms with E-state index >= 15 is 0 Å². The molecule has 0 bridgehead atoms. The summed E-state index contributed by atoms with van der Waals surface area (Å²) in [6.45, 7) is 4.40. The van der Waals surface area contributed by atoms with E-state index in [-0.39, 0.29) is 5.78 Å². The molecule has 0 saturated carbocycles. The summed E-state index contributed by atoms with van der Waals surface area (Å²) >= 11 is 6.14. The van der Waals surface area contributed by atoms with E-state index in [2.05, 4.69) is 36.1 Å². The van der Waals surface area contributed by atoms with E-state index in [0.717, 1.165) is 38.8 Å². The Morgan fingerprint density at radius 2 is 2.04 bits per heavy atom. The van der Waals surface area contributed by atoms with Crippen LogP contribution in [0.5, 0.6) is 5.75 Å². The maximum absolute atomic E-state index is 13.5. The third-order valence-electron chi connectivity index (χ3n) is 5.86. The van der Waals surface area contributed by atoms with E-state index in [0.29, 0.717) is 22.9 Å². The van der Waals surface area contributed by atoms with E-state index < -0.39 is 5.54 Å². The molecule has 136 valence electrons. The zero-order valence-corrected chi connectivity index (χ0v) is 15.9. The number of ketones is 1. The molecule has 2 aromatic carbocycles. The Balaban J connectivity index is 1.61. The highest BCUT2D eigenvalue weighted by Crippen LogP contribution is 2.39. The molecule has 0 N–H and O–H groups in total. The Kier molecular flexibility index (Phi) is 4.76. The number of carbonyl (C=O) groups excluding carboxylic acids is 1. The summed E-state index contributed by atoms with van der Waals surface area (Å²) in [6.07, 6.45) is 3.99. The first-order chi connectivity index (χ1) is 12.6. The summed E-state index contributed by atoms with van der Waals surface area (Å²) in [6, 6.07) is 13.8. The van der Waals surface area contributed by atoms with Gasteiger partial charge in [-0.05, 0) is 68.5 Å². The average Bonchev–Trinajstić information content (AvgIpc) is 2.66. The Labute approximate surface area is 159 Å². The molecule has 2 aliphatic heterocycles. The topological polar surface area (TPSA) is 29.5 Å². The highest BCUT2D eigenvalue weighted by molar-refractivity contribution is 6.31. The zero-order chi connectivity index (χ0) is 18.1. The maximum Gasteiger partial charge on any atom is 0.190 e. The van der Waals surface area contributed by atoms with Crippen LogP contribution in [-0.2, 0) is 6.42 Å². The lowest BCUT2D eigenvalue weighted by atomic mass is 9.78. The summed E-state index contributed by atoms with van der Waals surface area (Å²) in [7, 11) is 0. The number of carbonyl (C=O) groups is 1. The number of Topliss-reactive ketones (excluding diaryl/α,β-unsaturated/α-hetero) is 1. The molecule has 4 rings (SSSR count). The highest BCUT2D eigenvalue weighted by atomic mass is 35.5. The van der Waals surface area contributed by atoms with Crippen LogP contribution >= 0.6 is 11.6 Å². The molecule has 4 heteroatoms. The summed E-state index contributed by atoms with van der Waals surface area (Å²) in [5.41, 5.74) is 2.74. The molecule has 26 heavy (non-hydrogen) atoms. The minimum atomic E-state index is -0.543. The molecule has 3 nitrogen and oxygen atoms in total. The minimum absolute atomic E-state index is 0.172. The van der Waals surface area contributed by atoms with Gasteiger partial charge in [0.05, 0.1) is 5.56 Å². The molecule has 2 heterocycles. The summed E-state index contributed by atoms with van der Waals surface area (Å²) < 4.78 is 6.03. The summed E-state index contributed by atoms with van der Waals surface area (Å²) in [5.74, 6) is 0.834. The number of rotatable bonds is 3. The van der Waals surface area contributed by atoms with Crippen molar-refractivity contribution in [2.45, 2.75) is 38.1 Å². The van der Waals surface area contributed by atoms with Crippen LogP contribution in [0.25, 0.3) is 0 Å². The SMILES string of the molecule is Cc1ccccc1CCN1CCCCC12COc1ccc(Cl)cc1C2=O. The number of halogens is 1. The monoisotopic (exact) mass is 369 g/mol. The first-order valence-corrected chi connectivity index (χ1v) is 9.75. The molecule has 0 amide bonds. The number of benzene rings is 2. The van der Waals surface area contributed by atoms with Crippen molar-refractivity contribution in [3.63, 3.8) is 0 Å². The molecule has 0 aliphatic carbocycles. The van der Waals surface area contributed by atoms with Gasteiger partial charge in [0, 0.05) is 11.6 Å². The fourth-order valence-electron chi connectivity index (χ4n) is 4.30. The molecule has 0 aromatic heterocycles. The molecule has 2 aliphatic rings. The number of likely N-dealkylation sites (tertiary alicyclic amines) is 1. The Morgan fingerprint density at radius 1 is 1.19 bits per heavy atom. The van der Waals surface area contributed by atoms with Gasteiger partial charge in [0.15, 0.2) is 5.78 Å². The van der Waals surface area contributed by atoms with Crippen LogP contribution in [0.2, 0.25) is 5.02 Å². The smallest absolute Gasteiger partial charge is 0.190 e. The predicted octanol–water partition coefficient (Wildman–Crippen LogP) is 4.69. The molecule has 1 spiro atoms. The van der Waals surface area contributed by atoms with Crippen LogP contribution in [0, 0.1) is 6.92 Å². The largest absolute Gasteiger partial charge is 0.490 e. The van der Waals surface area contributed by atoms with Gasteiger partial charge < -0.3 is 4.74 Å². The molecule has 0 radical (unpaired) electrons. The zero-order valence-electron chi connectivity index (χ0n) is 15.1. The fourth-order valence-corrected chi connectivity index (χ4v) is 4.48. The fraction of sp³-hybridized carbons (Fsp3) is 0.409. The van der Waals surface area contributed by atoms with E-state index in [9.17, 15) is 4.79 Å². The summed E-state index contributed by atoms with van der Waals surface area (Å²) in [4.78, 5) is 15.8. The van der Waals surface area contributed by atoms with Crippen molar-refractivity contribution in [3.8, 4) is 5.75 Å². The van der Waals surface area contributed by atoms with Crippen LogP contribution in [-0.4, -0.2) is 35.9 Å². The lowest BCUT2D eigenvalue weighted by Gasteiger charge is -2.47. The molecule has 1 fully saturated rings. The van der Waals surface area contributed by atoms with Crippen molar-refractivity contribution in [1.29, 1.82) is 0 Å². The van der Waals surface area contributed by atoms with Gasteiger partial charge in [-0.3, -0.25) is 9.69 Å². The van der Waals surface area contributed by atoms with E-state index in [1.807, 2.05) is 6.07 Å². The standard InChI is InChI=1S/C22H24ClNO2/c1-16-6-2-3-7-17(16)10-13-24-12-5-4-11-22(24)15-26-20-9-8-18(23)14-19(20)21(22)25/h2-3,6-9,14H,4-5,10-13,15H2,1H3. The van der Waals surface area contributed by atoms with Crippen LogP contribution in [0.4, 0.5) is 0 Å². The second kappa shape index (κ2) is 7.05. The van der Waals surface area contributed by atoms with Crippen molar-refractivity contribution in [3.05, 3.63) is 64.2 Å². The quantitative estimate of drug-likeness (QED) is 0.786. The molecule has 2 aromatic rings. The first kappa shape index (κ1) is 17.6. The number of hydrogen-bond donors (Lipinski definition) is 0. The van der Waals surface area contributed by atoms with E-state index in [1.54, 1.807) is 12.1 Å². The second-order valence-electron chi connectivity index (χ2n) is 7.41. The number of fused-ring (bicyclic) bond motifs is 1. The van der Waals surface area contributed by atoms with Gasteiger partial charge in [-0.15, -0.1) is 0 Å². The molecule has 1 saturated heterocycles. The molecule has 1 atom stereocenters. The van der Waals surface area contributed by atoms with Gasteiger partial charge in [0.2, 0.25) is 0 Å². The summed E-state index contributed by atoms with van der Waals surface area (Å²) in [5, 5.41) is 0.583. The normalized spacial score (nSPS) is 22.9. The van der Waals surface area contributed by atoms with E-state index in [4.69, 9.17) is 16.3 Å². The van der Waals surface area contributed by atoms with Gasteiger partial charge in [0.1, 0.15) is 17.9 Å². The molecule has 1 unspecified atom stereocenters. The third-order valence-corrected chi connectivity index (χ3v) is 6.10. The van der Waals surface area contributed by atoms with Crippen molar-refractivity contribution in [2.24, 2.45) is 0 Å². The second-order valence-corrected chi connectivity index (χ2v) is 7.85. The van der Waals surface area contributed by atoms with Crippen LogP contribution in [0.15, 0.2) is 42.5 Å². The van der Waals surface area contributed by atoms with Gasteiger partial charge >= 0.3 is 0 Å². The van der Waals surface area contributed by atoms with Gasteiger partial charge in [0.25, 0.3) is 0 Å². The number of hydrogen-bond acceptors (Lipinski definition) is 3. The van der Waals surface area contributed by atoms with Gasteiger partial charge in [-0.2, -0.15) is 0 Å². The van der Waals surface area contributed by atoms with E-state index in [1.165, 1.54) is 11.1 Å². The lowest BCUT2D eigenvalue weighted by Crippen LogP contribution is -2.62. The van der Waals surface area contributed by atoms with Crippen molar-refractivity contribution < 1.29 is 9.53 Å². The average molecular weight is 370 g/mol. The molecular weight excluding hydrogens is 346 g/mol. The Morgan fingerprint density at radius 3 is 2.88 bits per heavy atom. The Hall–Kier alpha value is -1.84. The van der Waals surface area contributed by atoms with Crippen molar-refractivity contribution in [2.75, 3.05) is 19.7 Å². The Bertz CT molecular complexity index is 835. The van der Waals surface area contributed by atoms with Crippen LogP contribution < -0.4 is 4.74 Å². The number of piperidine rings is 1. The van der Waals surface area contributed by atoms with Crippen LogP contribution in [0.3, 0.4) is 0 Å². The number of nitrogens with zero attached hydrogens (tertiary/aromatic N) is 1. The van der Waals surface area contributed by atoms with Crippen LogP contribution in [0.1, 0.15) is 40.7 Å². The molecular formula is C22H24ClNO2. The highest BCUT2D eigenvalue weighted by Gasteiger charge is 2.49. The maximum atomic E-state index is 13.5. The van der Waals surface area contributed by atoms with Gasteiger partial charge in [-0.1, -0.05) is 35.9 Å². The number of aryl methyl sites for hydroxylation is 1. The first-order valence-electron chi connectivity index (χ1n) is 9.37. The minimum Gasteiger partial charge on any atom is -0.490 e. The lowest BCUT2D eigenvalue weighted by molar-refractivity contribution is 0.00632. The van der Waals surface area contributed by atoms with Crippen molar-refractivity contribution >= 4 is 17.4 Å². The predicted molar refractivity (Wildman–Crippen MR) is 104 cm³/mol. The van der Waals surface area contributed by atoms with Gasteiger partial charge in [-0.25, -0.2) is 0 Å². The third kappa shape index (κ3) is 3.04.